The SMILES string of the molecule is CCOC(=O)C(N)C(=O)NC(C)c1cnn(C)c1C. The van der Waals surface area contributed by atoms with E-state index < -0.39 is 17.9 Å². The fourth-order valence-electron chi connectivity index (χ4n) is 1.66. The van der Waals surface area contributed by atoms with Crippen LogP contribution in [0.3, 0.4) is 0 Å². The van der Waals surface area contributed by atoms with Crippen molar-refractivity contribution in [3.8, 4) is 0 Å². The van der Waals surface area contributed by atoms with E-state index in [1.807, 2.05) is 14.0 Å². The number of nitrogens with zero attached hydrogens (tertiary/aromatic N) is 2. The number of rotatable bonds is 5. The van der Waals surface area contributed by atoms with Crippen LogP contribution in [0.25, 0.3) is 0 Å². The molecule has 106 valence electrons. The van der Waals surface area contributed by atoms with Crippen molar-refractivity contribution in [3.63, 3.8) is 0 Å². The van der Waals surface area contributed by atoms with Crippen LogP contribution in [0.1, 0.15) is 31.1 Å². The van der Waals surface area contributed by atoms with Crippen LogP contribution in [0.5, 0.6) is 0 Å². The first-order valence-corrected chi connectivity index (χ1v) is 6.09. The minimum atomic E-state index is -1.31. The van der Waals surface area contributed by atoms with Gasteiger partial charge in [-0.05, 0) is 20.8 Å². The van der Waals surface area contributed by atoms with Crippen LogP contribution in [0.15, 0.2) is 6.20 Å². The number of hydrogen-bond donors (Lipinski definition) is 2. The Labute approximate surface area is 112 Å². The summed E-state index contributed by atoms with van der Waals surface area (Å²) in [6, 6.07) is -1.58. The highest BCUT2D eigenvalue weighted by Gasteiger charge is 2.25. The van der Waals surface area contributed by atoms with Crippen LogP contribution >= 0.6 is 0 Å². The van der Waals surface area contributed by atoms with E-state index in [-0.39, 0.29) is 12.6 Å². The number of carbonyl (C=O) groups excluding carboxylic acids is 2. The van der Waals surface area contributed by atoms with Crippen molar-refractivity contribution in [2.75, 3.05) is 6.61 Å². The lowest BCUT2D eigenvalue weighted by Gasteiger charge is -2.16. The maximum Gasteiger partial charge on any atom is 0.332 e. The van der Waals surface area contributed by atoms with E-state index in [0.717, 1.165) is 11.3 Å². The third-order valence-electron chi connectivity index (χ3n) is 2.92. The number of esters is 1. The number of nitrogens with two attached hydrogens (primary N) is 1. The van der Waals surface area contributed by atoms with E-state index in [9.17, 15) is 9.59 Å². The van der Waals surface area contributed by atoms with Crippen LogP contribution in [0, 0.1) is 6.92 Å². The molecule has 3 N–H and O–H groups in total. The minimum Gasteiger partial charge on any atom is -0.464 e. The first kappa shape index (κ1) is 15.2. The van der Waals surface area contributed by atoms with Gasteiger partial charge in [-0.1, -0.05) is 0 Å². The molecule has 19 heavy (non-hydrogen) atoms. The van der Waals surface area contributed by atoms with Crippen molar-refractivity contribution in [1.29, 1.82) is 0 Å². The minimum absolute atomic E-state index is 0.192. The average molecular weight is 268 g/mol. The van der Waals surface area contributed by atoms with Gasteiger partial charge in [0.05, 0.1) is 18.8 Å². The summed E-state index contributed by atoms with van der Waals surface area (Å²) in [4.78, 5) is 23.1. The second-order valence-corrected chi connectivity index (χ2v) is 4.27. The highest BCUT2D eigenvalue weighted by Crippen LogP contribution is 2.15. The molecule has 2 atom stereocenters. The molecule has 7 heteroatoms. The Hall–Kier alpha value is -1.89. The highest BCUT2D eigenvalue weighted by atomic mass is 16.5. The Balaban J connectivity index is 2.66. The van der Waals surface area contributed by atoms with Gasteiger partial charge in [0.2, 0.25) is 5.91 Å². The molecule has 0 aliphatic rings. The van der Waals surface area contributed by atoms with Crippen molar-refractivity contribution < 1.29 is 14.3 Å². The third kappa shape index (κ3) is 3.54. The van der Waals surface area contributed by atoms with Gasteiger partial charge in [-0.3, -0.25) is 9.48 Å². The number of hydrogen-bond acceptors (Lipinski definition) is 5. The molecular formula is C12H20N4O3. The van der Waals surface area contributed by atoms with Gasteiger partial charge >= 0.3 is 5.97 Å². The number of aromatic nitrogens is 2. The van der Waals surface area contributed by atoms with Gasteiger partial charge in [-0.15, -0.1) is 0 Å². The van der Waals surface area contributed by atoms with Crippen LogP contribution in [0.4, 0.5) is 0 Å². The zero-order valence-corrected chi connectivity index (χ0v) is 11.6. The molecule has 0 saturated heterocycles. The quantitative estimate of drug-likeness (QED) is 0.569. The van der Waals surface area contributed by atoms with E-state index in [0.29, 0.717) is 0 Å². The van der Waals surface area contributed by atoms with Crippen LogP contribution in [-0.4, -0.2) is 34.3 Å². The molecule has 1 heterocycles. The van der Waals surface area contributed by atoms with Gasteiger partial charge in [0, 0.05) is 18.3 Å². The normalized spacial score (nSPS) is 13.7. The van der Waals surface area contributed by atoms with Crippen molar-refractivity contribution >= 4 is 11.9 Å². The van der Waals surface area contributed by atoms with Crippen molar-refractivity contribution in [2.24, 2.45) is 12.8 Å². The van der Waals surface area contributed by atoms with Gasteiger partial charge in [0.15, 0.2) is 6.04 Å². The van der Waals surface area contributed by atoms with Crippen molar-refractivity contribution in [1.82, 2.24) is 15.1 Å². The Morgan fingerprint density at radius 1 is 1.58 bits per heavy atom. The van der Waals surface area contributed by atoms with Crippen molar-refractivity contribution in [3.05, 3.63) is 17.5 Å². The maximum atomic E-state index is 11.8. The summed E-state index contributed by atoms with van der Waals surface area (Å²) in [6.45, 7) is 5.55. The van der Waals surface area contributed by atoms with Crippen LogP contribution in [-0.2, 0) is 21.4 Å². The summed E-state index contributed by atoms with van der Waals surface area (Å²) >= 11 is 0. The maximum absolute atomic E-state index is 11.8. The van der Waals surface area contributed by atoms with E-state index >= 15 is 0 Å². The highest BCUT2D eigenvalue weighted by molar-refractivity contribution is 6.01. The summed E-state index contributed by atoms with van der Waals surface area (Å²) in [5.74, 6) is -1.29. The van der Waals surface area contributed by atoms with Gasteiger partial charge in [0.25, 0.3) is 0 Å². The Bertz CT molecular complexity index is 470. The molecule has 1 aromatic heterocycles. The molecule has 0 aliphatic heterocycles. The number of nitrogens with one attached hydrogen (secondary N) is 1. The molecule has 7 nitrogen and oxygen atoms in total. The second kappa shape index (κ2) is 6.33. The van der Waals surface area contributed by atoms with Crippen LogP contribution < -0.4 is 11.1 Å². The first-order chi connectivity index (χ1) is 8.88. The third-order valence-corrected chi connectivity index (χ3v) is 2.92. The molecular weight excluding hydrogens is 248 g/mol. The molecule has 0 spiro atoms. The number of amides is 1. The lowest BCUT2D eigenvalue weighted by molar-refractivity contribution is -0.148. The Morgan fingerprint density at radius 2 is 2.21 bits per heavy atom. The van der Waals surface area contributed by atoms with E-state index in [1.54, 1.807) is 24.7 Å². The molecule has 1 aromatic rings. The van der Waals surface area contributed by atoms with Gasteiger partial charge in [-0.2, -0.15) is 5.10 Å². The lowest BCUT2D eigenvalue weighted by Crippen LogP contribution is -2.47. The summed E-state index contributed by atoms with van der Waals surface area (Å²) in [5, 5.41) is 6.77. The van der Waals surface area contributed by atoms with Crippen molar-refractivity contribution in [2.45, 2.75) is 32.9 Å². The number of aryl methyl sites for hydroxylation is 1. The molecule has 0 bridgehead atoms. The predicted molar refractivity (Wildman–Crippen MR) is 69.1 cm³/mol. The number of ether oxygens (including phenoxy) is 1. The van der Waals surface area contributed by atoms with Crippen LogP contribution in [0.2, 0.25) is 0 Å². The van der Waals surface area contributed by atoms with E-state index in [4.69, 9.17) is 10.5 Å². The summed E-state index contributed by atoms with van der Waals surface area (Å²) in [7, 11) is 1.82. The molecule has 0 saturated carbocycles. The van der Waals surface area contributed by atoms with Gasteiger partial charge in [0.1, 0.15) is 0 Å². The number of carbonyl (C=O) groups is 2. The molecule has 2 unspecified atom stereocenters. The van der Waals surface area contributed by atoms with E-state index in [2.05, 4.69) is 10.4 Å². The fraction of sp³-hybridized carbons (Fsp3) is 0.583. The lowest BCUT2D eigenvalue weighted by atomic mass is 10.1. The molecule has 0 radical (unpaired) electrons. The molecule has 1 rings (SSSR count). The second-order valence-electron chi connectivity index (χ2n) is 4.27. The van der Waals surface area contributed by atoms with E-state index in [1.165, 1.54) is 0 Å². The molecule has 1 amide bonds. The topological polar surface area (TPSA) is 99.2 Å². The zero-order valence-electron chi connectivity index (χ0n) is 11.6. The smallest absolute Gasteiger partial charge is 0.332 e. The molecule has 0 fully saturated rings. The largest absolute Gasteiger partial charge is 0.464 e. The standard InChI is InChI=1S/C12H20N4O3/c1-5-19-12(18)10(13)11(17)15-7(2)9-6-14-16(4)8(9)3/h6-7,10H,5,13H2,1-4H3,(H,15,17). The summed E-state index contributed by atoms with van der Waals surface area (Å²) in [5.41, 5.74) is 7.33. The van der Waals surface area contributed by atoms with Gasteiger partial charge < -0.3 is 15.8 Å². The first-order valence-electron chi connectivity index (χ1n) is 6.09. The average Bonchev–Trinajstić information content (AvgIpc) is 2.69. The molecule has 0 aromatic carbocycles. The summed E-state index contributed by atoms with van der Waals surface area (Å²) in [6.07, 6.45) is 1.68. The monoisotopic (exact) mass is 268 g/mol. The Kier molecular flexibility index (Phi) is 5.05. The zero-order chi connectivity index (χ0) is 14.6. The summed E-state index contributed by atoms with van der Waals surface area (Å²) < 4.78 is 6.41. The van der Waals surface area contributed by atoms with Gasteiger partial charge in [-0.25, -0.2) is 4.79 Å². The fourth-order valence-corrected chi connectivity index (χ4v) is 1.66. The molecule has 0 aliphatic carbocycles. The Morgan fingerprint density at radius 3 is 2.68 bits per heavy atom. The predicted octanol–water partition coefficient (Wildman–Crippen LogP) is -0.204.